The summed E-state index contributed by atoms with van der Waals surface area (Å²) in [7, 11) is 0. The van der Waals surface area contributed by atoms with Crippen molar-refractivity contribution in [2.75, 3.05) is 6.54 Å². The molecule has 0 radical (unpaired) electrons. The first-order valence-electron chi connectivity index (χ1n) is 5.98. The second kappa shape index (κ2) is 4.75. The third-order valence-corrected chi connectivity index (χ3v) is 3.49. The number of nitrogens with one attached hydrogen (secondary N) is 1. The van der Waals surface area contributed by atoms with Gasteiger partial charge in [-0.3, -0.25) is 0 Å². The molecular weight excluding hydrogens is 246 g/mol. The van der Waals surface area contributed by atoms with Crippen LogP contribution in [0.4, 0.5) is 0 Å². The Labute approximate surface area is 112 Å². The highest BCUT2D eigenvalue weighted by molar-refractivity contribution is 6.33. The first kappa shape index (κ1) is 13.1. The molecule has 0 aliphatic carbocycles. The number of imidazole rings is 1. The Morgan fingerprint density at radius 2 is 2.00 bits per heavy atom. The monoisotopic (exact) mass is 263 g/mol. The van der Waals surface area contributed by atoms with Crippen LogP contribution in [-0.2, 0) is 5.41 Å². The zero-order chi connectivity index (χ0) is 13.3. The van der Waals surface area contributed by atoms with Gasteiger partial charge < -0.3 is 10.7 Å². The van der Waals surface area contributed by atoms with E-state index in [-0.39, 0.29) is 5.41 Å². The maximum absolute atomic E-state index is 6.21. The van der Waals surface area contributed by atoms with E-state index in [0.717, 1.165) is 22.8 Å². The number of hydrogen-bond donors (Lipinski definition) is 2. The summed E-state index contributed by atoms with van der Waals surface area (Å²) in [6, 6.07) is 7.73. The van der Waals surface area contributed by atoms with Crippen molar-refractivity contribution in [1.82, 2.24) is 9.97 Å². The van der Waals surface area contributed by atoms with Gasteiger partial charge in [0.15, 0.2) is 0 Å². The third kappa shape index (κ3) is 2.28. The molecule has 0 spiro atoms. The number of benzene rings is 1. The second-order valence-corrected chi connectivity index (χ2v) is 5.53. The van der Waals surface area contributed by atoms with Crippen LogP contribution < -0.4 is 5.73 Å². The number of nitrogens with two attached hydrogens (primary N) is 1. The van der Waals surface area contributed by atoms with E-state index in [1.807, 2.05) is 31.2 Å². The largest absolute Gasteiger partial charge is 0.345 e. The maximum Gasteiger partial charge on any atom is 0.113 e. The summed E-state index contributed by atoms with van der Waals surface area (Å²) in [6.07, 6.45) is 0. The van der Waals surface area contributed by atoms with Gasteiger partial charge in [0.1, 0.15) is 5.82 Å². The van der Waals surface area contributed by atoms with Crippen LogP contribution in [0.25, 0.3) is 11.3 Å². The topological polar surface area (TPSA) is 54.7 Å². The van der Waals surface area contributed by atoms with Crippen molar-refractivity contribution in [3.63, 3.8) is 0 Å². The molecule has 18 heavy (non-hydrogen) atoms. The molecule has 2 rings (SSSR count). The summed E-state index contributed by atoms with van der Waals surface area (Å²) in [5.74, 6) is 0.900. The fraction of sp³-hybridized carbons (Fsp3) is 0.357. The fourth-order valence-electron chi connectivity index (χ4n) is 1.79. The molecule has 3 nitrogen and oxygen atoms in total. The van der Waals surface area contributed by atoms with Crippen molar-refractivity contribution < 1.29 is 0 Å². The van der Waals surface area contributed by atoms with E-state index in [1.54, 1.807) is 0 Å². The standard InChI is InChI=1S/C14H18ClN3/c1-9-12(10-6-4-5-7-11(10)15)18-13(17-9)14(2,3)8-16/h4-7H,8,16H2,1-3H3,(H,17,18). The van der Waals surface area contributed by atoms with E-state index in [4.69, 9.17) is 17.3 Å². The smallest absolute Gasteiger partial charge is 0.113 e. The highest BCUT2D eigenvalue weighted by atomic mass is 35.5. The molecule has 0 atom stereocenters. The molecule has 0 aliphatic rings. The van der Waals surface area contributed by atoms with Crippen molar-refractivity contribution >= 4 is 11.6 Å². The second-order valence-electron chi connectivity index (χ2n) is 5.13. The van der Waals surface area contributed by atoms with Crippen LogP contribution in [0.5, 0.6) is 0 Å². The molecule has 0 saturated heterocycles. The lowest BCUT2D eigenvalue weighted by Gasteiger charge is -2.18. The number of halogens is 1. The van der Waals surface area contributed by atoms with Crippen LogP contribution in [0.2, 0.25) is 5.02 Å². The van der Waals surface area contributed by atoms with Gasteiger partial charge in [0.25, 0.3) is 0 Å². The van der Waals surface area contributed by atoms with Crippen LogP contribution in [0.1, 0.15) is 25.4 Å². The van der Waals surface area contributed by atoms with Crippen molar-refractivity contribution in [1.29, 1.82) is 0 Å². The maximum atomic E-state index is 6.21. The number of aromatic nitrogens is 2. The van der Waals surface area contributed by atoms with Gasteiger partial charge >= 0.3 is 0 Å². The molecule has 0 amide bonds. The predicted molar refractivity (Wildman–Crippen MR) is 75.9 cm³/mol. The van der Waals surface area contributed by atoms with Crippen molar-refractivity contribution in [3.05, 3.63) is 40.8 Å². The minimum atomic E-state index is -0.162. The Kier molecular flexibility index (Phi) is 3.46. The number of rotatable bonds is 3. The summed E-state index contributed by atoms with van der Waals surface area (Å²) < 4.78 is 0. The Hall–Kier alpha value is -1.32. The van der Waals surface area contributed by atoms with E-state index >= 15 is 0 Å². The molecule has 2 aromatic rings. The highest BCUT2D eigenvalue weighted by Crippen LogP contribution is 2.30. The molecule has 1 aromatic heterocycles. The molecule has 4 heteroatoms. The van der Waals surface area contributed by atoms with E-state index in [0.29, 0.717) is 11.6 Å². The van der Waals surface area contributed by atoms with Crippen LogP contribution in [0, 0.1) is 6.92 Å². The van der Waals surface area contributed by atoms with Gasteiger partial charge in [-0.1, -0.05) is 43.6 Å². The number of aryl methyl sites for hydroxylation is 1. The lowest BCUT2D eigenvalue weighted by molar-refractivity contribution is 0.507. The molecule has 0 bridgehead atoms. The fourth-order valence-corrected chi connectivity index (χ4v) is 2.02. The predicted octanol–water partition coefficient (Wildman–Crippen LogP) is 3.27. The molecule has 3 N–H and O–H groups in total. The third-order valence-electron chi connectivity index (χ3n) is 3.17. The van der Waals surface area contributed by atoms with Gasteiger partial charge in [-0.15, -0.1) is 0 Å². The molecule has 1 aromatic carbocycles. The van der Waals surface area contributed by atoms with Crippen LogP contribution in [0.3, 0.4) is 0 Å². The summed E-state index contributed by atoms with van der Waals surface area (Å²) in [5, 5.41) is 0.712. The Balaban J connectivity index is 2.52. The molecular formula is C14H18ClN3. The lowest BCUT2D eigenvalue weighted by atomic mass is 9.93. The molecule has 0 fully saturated rings. The average Bonchev–Trinajstić information content (AvgIpc) is 2.73. The average molecular weight is 264 g/mol. The Bertz CT molecular complexity index is 558. The first-order valence-corrected chi connectivity index (χ1v) is 6.35. The minimum absolute atomic E-state index is 0.162. The summed E-state index contributed by atoms with van der Waals surface area (Å²) in [6.45, 7) is 6.69. The molecule has 96 valence electrons. The number of nitrogens with zero attached hydrogens (tertiary/aromatic N) is 1. The van der Waals surface area contributed by atoms with Gasteiger partial charge in [0.2, 0.25) is 0 Å². The zero-order valence-electron chi connectivity index (χ0n) is 10.9. The van der Waals surface area contributed by atoms with Crippen LogP contribution in [-0.4, -0.2) is 16.5 Å². The SMILES string of the molecule is Cc1[nH]c(C(C)(C)CN)nc1-c1ccccc1Cl. The van der Waals surface area contributed by atoms with E-state index < -0.39 is 0 Å². The molecule has 0 unspecified atom stereocenters. The quantitative estimate of drug-likeness (QED) is 0.893. The normalized spacial score (nSPS) is 11.8. The Morgan fingerprint density at radius 1 is 1.33 bits per heavy atom. The summed E-state index contributed by atoms with van der Waals surface area (Å²) in [5.41, 5.74) is 8.48. The molecule has 0 aliphatic heterocycles. The molecule has 1 heterocycles. The van der Waals surface area contributed by atoms with Gasteiger partial charge in [0.05, 0.1) is 10.7 Å². The lowest BCUT2D eigenvalue weighted by Crippen LogP contribution is -2.29. The van der Waals surface area contributed by atoms with Crippen molar-refractivity contribution in [2.45, 2.75) is 26.2 Å². The number of aromatic amines is 1. The van der Waals surface area contributed by atoms with Gasteiger partial charge in [-0.05, 0) is 13.0 Å². The summed E-state index contributed by atoms with van der Waals surface area (Å²) >= 11 is 6.21. The van der Waals surface area contributed by atoms with Crippen molar-refractivity contribution in [2.24, 2.45) is 5.73 Å². The number of hydrogen-bond acceptors (Lipinski definition) is 2. The van der Waals surface area contributed by atoms with E-state index in [1.165, 1.54) is 0 Å². The van der Waals surface area contributed by atoms with Crippen molar-refractivity contribution in [3.8, 4) is 11.3 Å². The zero-order valence-corrected chi connectivity index (χ0v) is 11.7. The first-order chi connectivity index (χ1) is 8.45. The van der Waals surface area contributed by atoms with Gasteiger partial charge in [0, 0.05) is 23.2 Å². The minimum Gasteiger partial charge on any atom is -0.345 e. The number of H-pyrrole nitrogens is 1. The van der Waals surface area contributed by atoms with Crippen LogP contribution >= 0.6 is 11.6 Å². The summed E-state index contributed by atoms with van der Waals surface area (Å²) in [4.78, 5) is 7.98. The van der Waals surface area contributed by atoms with Crippen LogP contribution in [0.15, 0.2) is 24.3 Å². The molecule has 0 saturated carbocycles. The van der Waals surface area contributed by atoms with E-state index in [9.17, 15) is 0 Å². The highest BCUT2D eigenvalue weighted by Gasteiger charge is 2.24. The Morgan fingerprint density at radius 3 is 2.61 bits per heavy atom. The van der Waals surface area contributed by atoms with Gasteiger partial charge in [-0.2, -0.15) is 0 Å². The van der Waals surface area contributed by atoms with Gasteiger partial charge in [-0.25, -0.2) is 4.98 Å². The van der Waals surface area contributed by atoms with E-state index in [2.05, 4.69) is 23.8 Å².